The van der Waals surface area contributed by atoms with Crippen LogP contribution in [0.25, 0.3) is 0 Å². The smallest absolute Gasteiger partial charge is 0.309 e. The number of pyridine rings is 1. The molecule has 1 N–H and O–H groups in total. The van der Waals surface area contributed by atoms with E-state index in [-0.39, 0.29) is 18.0 Å². The molecule has 0 atom stereocenters. The summed E-state index contributed by atoms with van der Waals surface area (Å²) < 4.78 is 31.8. The van der Waals surface area contributed by atoms with Crippen LogP contribution in [0.3, 0.4) is 0 Å². The molecule has 160 valence electrons. The first-order chi connectivity index (χ1) is 14.3. The van der Waals surface area contributed by atoms with E-state index < -0.39 is 34.4 Å². The molecule has 1 aromatic heterocycles. The Labute approximate surface area is 184 Å². The van der Waals surface area contributed by atoms with Crippen molar-refractivity contribution in [1.82, 2.24) is 9.29 Å². The molecule has 0 spiro atoms. The van der Waals surface area contributed by atoms with Gasteiger partial charge in [0, 0.05) is 24.3 Å². The van der Waals surface area contributed by atoms with Crippen molar-refractivity contribution < 1.29 is 22.7 Å². The normalized spacial score (nSPS) is 15.5. The van der Waals surface area contributed by atoms with Crippen LogP contribution in [0.5, 0.6) is 0 Å². The molecule has 1 aliphatic rings. The number of hydrogen-bond donors (Lipinski definition) is 1. The molecular formula is C19H19Cl2N3O5S. The summed E-state index contributed by atoms with van der Waals surface area (Å²) in [4.78, 5) is 28.2. The minimum absolute atomic E-state index is 0.153. The van der Waals surface area contributed by atoms with E-state index in [9.17, 15) is 18.0 Å². The Morgan fingerprint density at radius 3 is 2.30 bits per heavy atom. The van der Waals surface area contributed by atoms with E-state index in [0.717, 1.165) is 0 Å². The summed E-state index contributed by atoms with van der Waals surface area (Å²) in [5, 5.41) is 3.38. The maximum absolute atomic E-state index is 12.7. The van der Waals surface area contributed by atoms with Gasteiger partial charge in [-0.15, -0.1) is 0 Å². The number of anilines is 1. The molecule has 30 heavy (non-hydrogen) atoms. The number of aromatic nitrogens is 1. The van der Waals surface area contributed by atoms with Crippen molar-refractivity contribution in [2.24, 2.45) is 5.92 Å². The highest BCUT2D eigenvalue weighted by molar-refractivity contribution is 7.89. The van der Waals surface area contributed by atoms with E-state index in [2.05, 4.69) is 10.3 Å². The number of halogens is 2. The van der Waals surface area contributed by atoms with E-state index in [4.69, 9.17) is 27.9 Å². The Bertz CT molecular complexity index is 1010. The van der Waals surface area contributed by atoms with E-state index in [1.165, 1.54) is 40.8 Å². The largest absolute Gasteiger partial charge is 0.455 e. The van der Waals surface area contributed by atoms with Gasteiger partial charge in [-0.25, -0.2) is 13.4 Å². The lowest BCUT2D eigenvalue weighted by atomic mass is 9.98. The SMILES string of the molecule is O=C(COC(=O)C1CCN(S(=O)(=O)c2ccc(Cl)cc2)CC1)Nc1ccc(Cl)cn1. The lowest BCUT2D eigenvalue weighted by Gasteiger charge is -2.30. The van der Waals surface area contributed by atoms with Gasteiger partial charge in [-0.2, -0.15) is 4.31 Å². The highest BCUT2D eigenvalue weighted by atomic mass is 35.5. The summed E-state index contributed by atoms with van der Waals surface area (Å²) in [5.41, 5.74) is 0. The molecule has 0 bridgehead atoms. The standard InChI is InChI=1S/C19H19Cl2N3O5S/c20-14-1-4-16(5-2-14)30(27,28)24-9-7-13(8-10-24)19(26)29-12-18(25)23-17-6-3-15(21)11-22-17/h1-6,11,13H,7-10,12H2,(H,22,23,25). The van der Waals surface area contributed by atoms with Crippen molar-refractivity contribution in [2.75, 3.05) is 25.0 Å². The molecule has 0 radical (unpaired) electrons. The highest BCUT2D eigenvalue weighted by Gasteiger charge is 2.33. The van der Waals surface area contributed by atoms with Crippen LogP contribution in [0.2, 0.25) is 10.0 Å². The number of ether oxygens (including phenoxy) is 1. The van der Waals surface area contributed by atoms with Gasteiger partial charge >= 0.3 is 5.97 Å². The van der Waals surface area contributed by atoms with Crippen LogP contribution in [0.1, 0.15) is 12.8 Å². The predicted molar refractivity (Wildman–Crippen MR) is 112 cm³/mol. The molecule has 1 aliphatic heterocycles. The van der Waals surface area contributed by atoms with Crippen LogP contribution >= 0.6 is 23.2 Å². The number of nitrogens with zero attached hydrogens (tertiary/aromatic N) is 2. The Kier molecular flexibility index (Phi) is 7.30. The topological polar surface area (TPSA) is 106 Å². The summed E-state index contributed by atoms with van der Waals surface area (Å²) in [7, 11) is -3.65. The molecule has 2 heterocycles. The number of benzene rings is 1. The van der Waals surface area contributed by atoms with Crippen LogP contribution in [-0.4, -0.2) is 49.3 Å². The van der Waals surface area contributed by atoms with Gasteiger partial charge in [-0.3, -0.25) is 9.59 Å². The summed E-state index contributed by atoms with van der Waals surface area (Å²) in [6, 6.07) is 9.03. The molecule has 1 amide bonds. The lowest BCUT2D eigenvalue weighted by molar-refractivity contribution is -0.152. The summed E-state index contributed by atoms with van der Waals surface area (Å²) in [5.74, 6) is -1.23. The number of carbonyl (C=O) groups excluding carboxylic acids is 2. The quantitative estimate of drug-likeness (QED) is 0.649. The van der Waals surface area contributed by atoms with Gasteiger partial charge in [0.15, 0.2) is 6.61 Å². The molecule has 0 saturated carbocycles. The van der Waals surface area contributed by atoms with Crippen molar-refractivity contribution in [1.29, 1.82) is 0 Å². The number of carbonyl (C=O) groups is 2. The molecule has 8 nitrogen and oxygen atoms in total. The van der Waals surface area contributed by atoms with E-state index >= 15 is 0 Å². The maximum atomic E-state index is 12.7. The fourth-order valence-corrected chi connectivity index (χ4v) is 4.68. The highest BCUT2D eigenvalue weighted by Crippen LogP contribution is 2.25. The predicted octanol–water partition coefficient (Wildman–Crippen LogP) is 2.97. The number of sulfonamides is 1. The van der Waals surface area contributed by atoms with Crippen LogP contribution in [0, 0.1) is 5.92 Å². The first-order valence-electron chi connectivity index (χ1n) is 9.09. The number of rotatable bonds is 6. The summed E-state index contributed by atoms with van der Waals surface area (Å²) >= 11 is 11.5. The van der Waals surface area contributed by atoms with E-state index in [0.29, 0.717) is 28.7 Å². The average Bonchev–Trinajstić information content (AvgIpc) is 2.74. The van der Waals surface area contributed by atoms with Crippen LogP contribution in [-0.2, 0) is 24.3 Å². The molecule has 1 aromatic carbocycles. The van der Waals surface area contributed by atoms with Gasteiger partial charge in [0.25, 0.3) is 5.91 Å². The average molecular weight is 472 g/mol. The molecule has 2 aromatic rings. The second-order valence-electron chi connectivity index (χ2n) is 6.65. The molecule has 3 rings (SSSR count). The molecule has 0 unspecified atom stereocenters. The molecule has 1 fully saturated rings. The number of esters is 1. The first kappa shape index (κ1) is 22.5. The van der Waals surface area contributed by atoms with Crippen LogP contribution in [0.4, 0.5) is 5.82 Å². The Morgan fingerprint density at radius 1 is 1.07 bits per heavy atom. The van der Waals surface area contributed by atoms with E-state index in [1.807, 2.05) is 0 Å². The monoisotopic (exact) mass is 471 g/mol. The second-order valence-corrected chi connectivity index (χ2v) is 9.46. The minimum atomic E-state index is -3.65. The molecule has 11 heteroatoms. The zero-order chi connectivity index (χ0) is 21.7. The maximum Gasteiger partial charge on any atom is 0.309 e. The Hall–Kier alpha value is -2.20. The number of nitrogens with one attached hydrogen (secondary N) is 1. The van der Waals surface area contributed by atoms with Crippen LogP contribution in [0.15, 0.2) is 47.5 Å². The lowest BCUT2D eigenvalue weighted by Crippen LogP contribution is -2.40. The zero-order valence-corrected chi connectivity index (χ0v) is 18.1. The third-order valence-electron chi connectivity index (χ3n) is 4.58. The molecular weight excluding hydrogens is 453 g/mol. The Morgan fingerprint density at radius 2 is 1.70 bits per heavy atom. The summed E-state index contributed by atoms with van der Waals surface area (Å²) in [6.07, 6.45) is 2.01. The zero-order valence-electron chi connectivity index (χ0n) is 15.8. The molecule has 0 aliphatic carbocycles. The number of hydrogen-bond acceptors (Lipinski definition) is 6. The third kappa shape index (κ3) is 5.69. The Balaban J connectivity index is 1.47. The van der Waals surface area contributed by atoms with Gasteiger partial charge < -0.3 is 10.1 Å². The third-order valence-corrected chi connectivity index (χ3v) is 6.97. The van der Waals surface area contributed by atoms with Gasteiger partial charge in [0.2, 0.25) is 10.0 Å². The van der Waals surface area contributed by atoms with Crippen molar-refractivity contribution in [2.45, 2.75) is 17.7 Å². The number of amides is 1. The fraction of sp³-hybridized carbons (Fsp3) is 0.316. The van der Waals surface area contributed by atoms with Gasteiger partial charge in [-0.1, -0.05) is 23.2 Å². The van der Waals surface area contributed by atoms with Crippen molar-refractivity contribution in [3.63, 3.8) is 0 Å². The van der Waals surface area contributed by atoms with Crippen molar-refractivity contribution >= 4 is 50.9 Å². The van der Waals surface area contributed by atoms with Crippen LogP contribution < -0.4 is 5.32 Å². The second kappa shape index (κ2) is 9.74. The van der Waals surface area contributed by atoms with Gasteiger partial charge in [0.05, 0.1) is 15.8 Å². The van der Waals surface area contributed by atoms with Gasteiger partial charge in [0.1, 0.15) is 5.82 Å². The fourth-order valence-electron chi connectivity index (χ4n) is 2.97. The van der Waals surface area contributed by atoms with Crippen molar-refractivity contribution in [3.05, 3.63) is 52.6 Å². The molecule has 1 saturated heterocycles. The van der Waals surface area contributed by atoms with Crippen molar-refractivity contribution in [3.8, 4) is 0 Å². The number of piperidine rings is 1. The van der Waals surface area contributed by atoms with Gasteiger partial charge in [-0.05, 0) is 49.2 Å². The first-order valence-corrected chi connectivity index (χ1v) is 11.3. The minimum Gasteiger partial charge on any atom is -0.455 e. The summed E-state index contributed by atoms with van der Waals surface area (Å²) in [6.45, 7) is -0.0797. The van der Waals surface area contributed by atoms with E-state index in [1.54, 1.807) is 6.07 Å².